The lowest BCUT2D eigenvalue weighted by Gasteiger charge is -2.01. The van der Waals surface area contributed by atoms with Crippen LogP contribution in [0.15, 0.2) is 30.6 Å². The Labute approximate surface area is 87.3 Å². The van der Waals surface area contributed by atoms with E-state index in [1.165, 1.54) is 0 Å². The lowest BCUT2D eigenvalue weighted by Crippen LogP contribution is -1.94. The molecule has 0 aromatic carbocycles. The molecule has 4 nitrogen and oxygen atoms in total. The van der Waals surface area contributed by atoms with Gasteiger partial charge in [-0.3, -0.25) is 0 Å². The lowest BCUT2D eigenvalue weighted by molar-refractivity contribution is 1.12. The van der Waals surface area contributed by atoms with Gasteiger partial charge in [-0.15, -0.1) is 0 Å². The van der Waals surface area contributed by atoms with Crippen molar-refractivity contribution in [3.05, 3.63) is 42.0 Å². The fourth-order valence-corrected chi connectivity index (χ4v) is 1.26. The molecule has 0 aliphatic rings. The van der Waals surface area contributed by atoms with Gasteiger partial charge in [0, 0.05) is 18.1 Å². The Morgan fingerprint density at radius 1 is 1.20 bits per heavy atom. The van der Waals surface area contributed by atoms with Crippen LogP contribution in [0.5, 0.6) is 0 Å². The second-order valence-corrected chi connectivity index (χ2v) is 3.03. The van der Waals surface area contributed by atoms with Gasteiger partial charge in [-0.1, -0.05) is 0 Å². The Kier molecular flexibility index (Phi) is 2.38. The quantitative estimate of drug-likeness (QED) is 0.696. The van der Waals surface area contributed by atoms with Crippen LogP contribution in [-0.4, -0.2) is 15.0 Å². The highest BCUT2D eigenvalue weighted by Gasteiger charge is 2.07. The summed E-state index contributed by atoms with van der Waals surface area (Å²) in [5.74, 6) is 0.529. The number of nitriles is 1. The van der Waals surface area contributed by atoms with Crippen molar-refractivity contribution in [3.8, 4) is 17.5 Å². The summed E-state index contributed by atoms with van der Waals surface area (Å²) in [4.78, 5) is 12.3. The van der Waals surface area contributed by atoms with Gasteiger partial charge in [-0.05, 0) is 25.1 Å². The highest BCUT2D eigenvalue weighted by atomic mass is 14.9. The Hall–Kier alpha value is -2.28. The highest BCUT2D eigenvalue weighted by molar-refractivity contribution is 5.61. The van der Waals surface area contributed by atoms with Crippen LogP contribution in [0.1, 0.15) is 11.4 Å². The standard InChI is InChI=1S/C11H8N4/c1-8-3-4-9(10(7-12)15-8)11-13-5-2-6-14-11/h2-6H,1H3. The smallest absolute Gasteiger partial charge is 0.162 e. The van der Waals surface area contributed by atoms with E-state index in [1.54, 1.807) is 18.5 Å². The minimum absolute atomic E-state index is 0.362. The molecule has 0 aliphatic heterocycles. The molecule has 0 spiro atoms. The molecule has 2 heterocycles. The second kappa shape index (κ2) is 3.84. The molecule has 2 rings (SSSR count). The minimum Gasteiger partial charge on any atom is -0.242 e. The number of nitrogens with zero attached hydrogens (tertiary/aromatic N) is 4. The highest BCUT2D eigenvalue weighted by Crippen LogP contribution is 2.17. The first-order valence-electron chi connectivity index (χ1n) is 4.46. The van der Waals surface area contributed by atoms with Gasteiger partial charge in [0.05, 0.1) is 5.56 Å². The second-order valence-electron chi connectivity index (χ2n) is 3.03. The Morgan fingerprint density at radius 2 is 1.93 bits per heavy atom. The summed E-state index contributed by atoms with van der Waals surface area (Å²) in [5, 5.41) is 8.94. The van der Waals surface area contributed by atoms with E-state index in [1.807, 2.05) is 25.1 Å². The van der Waals surface area contributed by atoms with E-state index >= 15 is 0 Å². The van der Waals surface area contributed by atoms with Crippen molar-refractivity contribution in [1.82, 2.24) is 15.0 Å². The average molecular weight is 196 g/mol. The number of pyridine rings is 1. The van der Waals surface area contributed by atoms with Crippen LogP contribution in [0, 0.1) is 18.3 Å². The first kappa shape index (κ1) is 9.28. The molecule has 4 heteroatoms. The molecule has 0 saturated carbocycles. The largest absolute Gasteiger partial charge is 0.242 e. The Bertz CT molecular complexity index is 514. The topological polar surface area (TPSA) is 62.5 Å². The van der Waals surface area contributed by atoms with E-state index in [0.717, 1.165) is 5.69 Å². The van der Waals surface area contributed by atoms with Crippen LogP contribution in [0.3, 0.4) is 0 Å². The zero-order chi connectivity index (χ0) is 10.7. The minimum atomic E-state index is 0.362. The van der Waals surface area contributed by atoms with Gasteiger partial charge in [-0.25, -0.2) is 15.0 Å². The fraction of sp³-hybridized carbons (Fsp3) is 0.0909. The first-order valence-corrected chi connectivity index (χ1v) is 4.46. The van der Waals surface area contributed by atoms with Crippen molar-refractivity contribution in [2.45, 2.75) is 6.92 Å². The van der Waals surface area contributed by atoms with E-state index in [9.17, 15) is 0 Å². The van der Waals surface area contributed by atoms with Gasteiger partial charge < -0.3 is 0 Å². The monoisotopic (exact) mass is 196 g/mol. The molecule has 0 bridgehead atoms. The summed E-state index contributed by atoms with van der Waals surface area (Å²) in [6.07, 6.45) is 3.28. The predicted octanol–water partition coefficient (Wildman–Crippen LogP) is 1.72. The van der Waals surface area contributed by atoms with Crippen LogP contribution in [-0.2, 0) is 0 Å². The Morgan fingerprint density at radius 3 is 2.60 bits per heavy atom. The van der Waals surface area contributed by atoms with E-state index < -0.39 is 0 Å². The van der Waals surface area contributed by atoms with E-state index in [2.05, 4.69) is 15.0 Å². The molecular weight excluding hydrogens is 188 g/mol. The number of hydrogen-bond acceptors (Lipinski definition) is 4. The van der Waals surface area contributed by atoms with Crippen molar-refractivity contribution in [2.24, 2.45) is 0 Å². The number of rotatable bonds is 1. The maximum absolute atomic E-state index is 8.94. The summed E-state index contributed by atoms with van der Waals surface area (Å²) >= 11 is 0. The molecule has 0 atom stereocenters. The van der Waals surface area contributed by atoms with Crippen LogP contribution in [0.2, 0.25) is 0 Å². The zero-order valence-corrected chi connectivity index (χ0v) is 8.18. The third-order valence-corrected chi connectivity index (χ3v) is 1.95. The fourth-order valence-electron chi connectivity index (χ4n) is 1.26. The van der Waals surface area contributed by atoms with Crippen LogP contribution >= 0.6 is 0 Å². The van der Waals surface area contributed by atoms with Crippen molar-refractivity contribution in [1.29, 1.82) is 5.26 Å². The molecule has 0 aliphatic carbocycles. The predicted molar refractivity (Wildman–Crippen MR) is 54.7 cm³/mol. The molecule has 0 unspecified atom stereocenters. The lowest BCUT2D eigenvalue weighted by atomic mass is 10.1. The molecule has 0 fully saturated rings. The van der Waals surface area contributed by atoms with Gasteiger partial charge in [0.1, 0.15) is 6.07 Å². The zero-order valence-electron chi connectivity index (χ0n) is 8.18. The molecule has 0 amide bonds. The molecule has 0 N–H and O–H groups in total. The average Bonchev–Trinajstić information content (AvgIpc) is 2.30. The number of aromatic nitrogens is 3. The van der Waals surface area contributed by atoms with Crippen LogP contribution in [0.25, 0.3) is 11.4 Å². The number of hydrogen-bond donors (Lipinski definition) is 0. The summed E-state index contributed by atoms with van der Waals surface area (Å²) in [6.45, 7) is 1.84. The van der Waals surface area contributed by atoms with Gasteiger partial charge >= 0.3 is 0 Å². The molecule has 15 heavy (non-hydrogen) atoms. The normalized spacial score (nSPS) is 9.60. The van der Waals surface area contributed by atoms with Gasteiger partial charge in [0.25, 0.3) is 0 Å². The molecule has 72 valence electrons. The van der Waals surface area contributed by atoms with Crippen molar-refractivity contribution < 1.29 is 0 Å². The molecule has 0 saturated heterocycles. The molecule has 0 radical (unpaired) electrons. The molecule has 2 aromatic rings. The van der Waals surface area contributed by atoms with E-state index in [0.29, 0.717) is 17.1 Å². The summed E-state index contributed by atoms with van der Waals surface area (Å²) in [6, 6.07) is 7.43. The van der Waals surface area contributed by atoms with Gasteiger partial charge in [-0.2, -0.15) is 5.26 Å². The summed E-state index contributed by atoms with van der Waals surface area (Å²) in [5.41, 5.74) is 1.84. The Balaban J connectivity index is 2.60. The third-order valence-electron chi connectivity index (χ3n) is 1.95. The summed E-state index contributed by atoms with van der Waals surface area (Å²) < 4.78 is 0. The number of aryl methyl sites for hydroxylation is 1. The van der Waals surface area contributed by atoms with Crippen molar-refractivity contribution in [3.63, 3.8) is 0 Å². The SMILES string of the molecule is Cc1ccc(-c2ncccn2)c(C#N)n1. The summed E-state index contributed by atoms with van der Waals surface area (Å²) in [7, 11) is 0. The maximum Gasteiger partial charge on any atom is 0.162 e. The molecule has 2 aromatic heterocycles. The van der Waals surface area contributed by atoms with Gasteiger partial charge in [0.2, 0.25) is 0 Å². The van der Waals surface area contributed by atoms with Crippen LogP contribution < -0.4 is 0 Å². The van der Waals surface area contributed by atoms with Crippen molar-refractivity contribution in [2.75, 3.05) is 0 Å². The third kappa shape index (κ3) is 1.81. The van der Waals surface area contributed by atoms with E-state index in [-0.39, 0.29) is 0 Å². The van der Waals surface area contributed by atoms with E-state index in [4.69, 9.17) is 5.26 Å². The first-order chi connectivity index (χ1) is 7.31. The molecular formula is C11H8N4. The van der Waals surface area contributed by atoms with Gasteiger partial charge in [0.15, 0.2) is 11.5 Å². The van der Waals surface area contributed by atoms with Crippen LogP contribution in [0.4, 0.5) is 0 Å². The van der Waals surface area contributed by atoms with Crippen molar-refractivity contribution >= 4 is 0 Å². The maximum atomic E-state index is 8.94.